The van der Waals surface area contributed by atoms with Crippen molar-refractivity contribution in [3.8, 4) is 6.07 Å². The quantitative estimate of drug-likeness (QED) is 0.602. The highest BCUT2D eigenvalue weighted by atomic mass is 16.5. The molecule has 0 spiro atoms. The Morgan fingerprint density at radius 2 is 1.89 bits per heavy atom. The van der Waals surface area contributed by atoms with Gasteiger partial charge in [0.1, 0.15) is 0 Å². The summed E-state index contributed by atoms with van der Waals surface area (Å²) < 4.78 is 5.03. The molecule has 0 aliphatic carbocycles. The van der Waals surface area contributed by atoms with Crippen molar-refractivity contribution in [2.45, 2.75) is 46.0 Å². The standard InChI is InChI=1S/C14H26N2O2/c1-4-7-13(8-5-2)14(17)16(10-6-9-15)11-12-18-3/h13H,4-8,10-12H2,1-3H3. The van der Waals surface area contributed by atoms with E-state index in [-0.39, 0.29) is 11.8 Å². The first-order valence-electron chi connectivity index (χ1n) is 6.85. The molecular weight excluding hydrogens is 228 g/mol. The molecule has 104 valence electrons. The molecule has 0 radical (unpaired) electrons. The molecule has 4 heteroatoms. The van der Waals surface area contributed by atoms with Crippen molar-refractivity contribution >= 4 is 5.91 Å². The van der Waals surface area contributed by atoms with Crippen molar-refractivity contribution < 1.29 is 9.53 Å². The minimum Gasteiger partial charge on any atom is -0.383 e. The first-order valence-corrected chi connectivity index (χ1v) is 6.85. The van der Waals surface area contributed by atoms with Gasteiger partial charge in [-0.05, 0) is 12.8 Å². The number of carbonyl (C=O) groups is 1. The minimum atomic E-state index is 0.107. The van der Waals surface area contributed by atoms with Gasteiger partial charge in [-0.25, -0.2) is 0 Å². The minimum absolute atomic E-state index is 0.107. The van der Waals surface area contributed by atoms with E-state index >= 15 is 0 Å². The van der Waals surface area contributed by atoms with Crippen molar-refractivity contribution in [2.75, 3.05) is 26.8 Å². The molecule has 0 fully saturated rings. The molecule has 0 saturated carbocycles. The van der Waals surface area contributed by atoms with Crippen LogP contribution in [-0.4, -0.2) is 37.6 Å². The van der Waals surface area contributed by atoms with Gasteiger partial charge >= 0.3 is 0 Å². The number of nitrogens with zero attached hydrogens (tertiary/aromatic N) is 2. The molecule has 1 amide bonds. The smallest absolute Gasteiger partial charge is 0.225 e. The van der Waals surface area contributed by atoms with Crippen molar-refractivity contribution in [2.24, 2.45) is 5.92 Å². The Labute approximate surface area is 111 Å². The summed E-state index contributed by atoms with van der Waals surface area (Å²) in [5.74, 6) is 0.293. The number of methoxy groups -OCH3 is 1. The van der Waals surface area contributed by atoms with Crippen LogP contribution in [0.2, 0.25) is 0 Å². The highest BCUT2D eigenvalue weighted by Gasteiger charge is 2.22. The van der Waals surface area contributed by atoms with Crippen LogP contribution in [0.1, 0.15) is 46.0 Å². The SMILES string of the molecule is CCCC(CCC)C(=O)N(CCC#N)CCOC. The average Bonchev–Trinajstić information content (AvgIpc) is 2.38. The van der Waals surface area contributed by atoms with E-state index < -0.39 is 0 Å². The molecule has 0 aromatic rings. The molecule has 0 aliphatic heterocycles. The lowest BCUT2D eigenvalue weighted by atomic mass is 9.96. The van der Waals surface area contributed by atoms with Gasteiger partial charge < -0.3 is 9.64 Å². The second-order valence-corrected chi connectivity index (χ2v) is 4.50. The number of rotatable bonds is 10. The monoisotopic (exact) mass is 254 g/mol. The average molecular weight is 254 g/mol. The Hall–Kier alpha value is -1.08. The fourth-order valence-corrected chi connectivity index (χ4v) is 2.07. The molecule has 0 aromatic carbocycles. The molecule has 0 heterocycles. The summed E-state index contributed by atoms with van der Waals surface area (Å²) in [5, 5.41) is 8.65. The lowest BCUT2D eigenvalue weighted by Gasteiger charge is -2.26. The van der Waals surface area contributed by atoms with Gasteiger partial charge in [0.15, 0.2) is 0 Å². The van der Waals surface area contributed by atoms with Crippen molar-refractivity contribution in [1.29, 1.82) is 5.26 Å². The Balaban J connectivity index is 4.51. The maximum absolute atomic E-state index is 12.4. The number of carbonyl (C=O) groups excluding carboxylic acids is 1. The summed E-state index contributed by atoms with van der Waals surface area (Å²) in [6.45, 7) is 5.83. The molecule has 0 aliphatic rings. The maximum Gasteiger partial charge on any atom is 0.225 e. The predicted octanol–water partition coefficient (Wildman–Crippen LogP) is 2.59. The van der Waals surface area contributed by atoms with Crippen LogP contribution in [0.25, 0.3) is 0 Å². The Morgan fingerprint density at radius 1 is 1.28 bits per heavy atom. The van der Waals surface area contributed by atoms with E-state index in [9.17, 15) is 4.79 Å². The van der Waals surface area contributed by atoms with Crippen molar-refractivity contribution in [3.05, 3.63) is 0 Å². The summed E-state index contributed by atoms with van der Waals surface area (Å²) in [5.41, 5.74) is 0. The zero-order chi connectivity index (χ0) is 13.8. The molecule has 0 saturated heterocycles. The van der Waals surface area contributed by atoms with Crippen LogP contribution in [0.5, 0.6) is 0 Å². The van der Waals surface area contributed by atoms with Crippen LogP contribution < -0.4 is 0 Å². The predicted molar refractivity (Wildman–Crippen MR) is 72.0 cm³/mol. The summed E-state index contributed by atoms with van der Waals surface area (Å²) in [6.07, 6.45) is 4.30. The molecule has 0 aromatic heterocycles. The molecule has 0 bridgehead atoms. The van der Waals surface area contributed by atoms with Gasteiger partial charge in [-0.1, -0.05) is 26.7 Å². The van der Waals surface area contributed by atoms with E-state index in [1.807, 2.05) is 0 Å². The van der Waals surface area contributed by atoms with Crippen LogP contribution in [-0.2, 0) is 9.53 Å². The molecule has 0 unspecified atom stereocenters. The normalized spacial score (nSPS) is 10.4. The van der Waals surface area contributed by atoms with E-state index in [1.165, 1.54) is 0 Å². The molecule has 4 nitrogen and oxygen atoms in total. The van der Waals surface area contributed by atoms with E-state index in [0.29, 0.717) is 26.1 Å². The van der Waals surface area contributed by atoms with Gasteiger partial charge in [-0.15, -0.1) is 0 Å². The highest BCUT2D eigenvalue weighted by Crippen LogP contribution is 2.17. The summed E-state index contributed by atoms with van der Waals surface area (Å²) >= 11 is 0. The summed E-state index contributed by atoms with van der Waals surface area (Å²) in [4.78, 5) is 14.2. The summed E-state index contributed by atoms with van der Waals surface area (Å²) in [7, 11) is 1.63. The number of nitriles is 1. The Morgan fingerprint density at radius 3 is 2.33 bits per heavy atom. The second kappa shape index (κ2) is 11.0. The first-order chi connectivity index (χ1) is 8.71. The van der Waals surface area contributed by atoms with Crippen LogP contribution >= 0.6 is 0 Å². The van der Waals surface area contributed by atoms with Crippen LogP contribution in [0.4, 0.5) is 0 Å². The third kappa shape index (κ3) is 6.61. The molecule has 0 N–H and O–H groups in total. The topological polar surface area (TPSA) is 53.3 Å². The van der Waals surface area contributed by atoms with Crippen molar-refractivity contribution in [1.82, 2.24) is 4.90 Å². The second-order valence-electron chi connectivity index (χ2n) is 4.50. The zero-order valence-corrected chi connectivity index (χ0v) is 11.9. The number of ether oxygens (including phenoxy) is 1. The summed E-state index contributed by atoms with van der Waals surface area (Å²) in [6, 6.07) is 2.10. The van der Waals surface area contributed by atoms with Crippen LogP contribution in [0.15, 0.2) is 0 Å². The van der Waals surface area contributed by atoms with Gasteiger partial charge in [0.05, 0.1) is 19.1 Å². The molecule has 18 heavy (non-hydrogen) atoms. The van der Waals surface area contributed by atoms with Gasteiger partial charge in [-0.3, -0.25) is 4.79 Å². The Kier molecular flexibility index (Phi) is 10.4. The van der Waals surface area contributed by atoms with Gasteiger partial charge in [0.2, 0.25) is 5.91 Å². The Bertz CT molecular complexity index is 255. The first kappa shape index (κ1) is 16.9. The van der Waals surface area contributed by atoms with E-state index in [2.05, 4.69) is 19.9 Å². The lowest BCUT2D eigenvalue weighted by molar-refractivity contribution is -0.136. The van der Waals surface area contributed by atoms with E-state index in [4.69, 9.17) is 10.00 Å². The number of amides is 1. The van der Waals surface area contributed by atoms with E-state index in [0.717, 1.165) is 25.7 Å². The fourth-order valence-electron chi connectivity index (χ4n) is 2.07. The van der Waals surface area contributed by atoms with Crippen molar-refractivity contribution in [3.63, 3.8) is 0 Å². The fraction of sp³-hybridized carbons (Fsp3) is 0.857. The number of hydrogen-bond acceptors (Lipinski definition) is 3. The molecular formula is C14H26N2O2. The largest absolute Gasteiger partial charge is 0.383 e. The zero-order valence-electron chi connectivity index (χ0n) is 11.9. The number of hydrogen-bond donors (Lipinski definition) is 0. The third-order valence-corrected chi connectivity index (χ3v) is 2.99. The maximum atomic E-state index is 12.4. The van der Waals surface area contributed by atoms with Crippen LogP contribution in [0.3, 0.4) is 0 Å². The van der Waals surface area contributed by atoms with E-state index in [1.54, 1.807) is 12.0 Å². The van der Waals surface area contributed by atoms with Gasteiger partial charge in [0, 0.05) is 26.1 Å². The van der Waals surface area contributed by atoms with Gasteiger partial charge in [0.25, 0.3) is 0 Å². The molecule has 0 atom stereocenters. The lowest BCUT2D eigenvalue weighted by Crippen LogP contribution is -2.39. The van der Waals surface area contributed by atoms with Crippen LogP contribution in [0, 0.1) is 17.2 Å². The molecule has 0 rings (SSSR count). The third-order valence-electron chi connectivity index (χ3n) is 2.99. The van der Waals surface area contributed by atoms with Gasteiger partial charge in [-0.2, -0.15) is 5.26 Å². The highest BCUT2D eigenvalue weighted by molar-refractivity contribution is 5.78.